The highest BCUT2D eigenvalue weighted by molar-refractivity contribution is 7.12. The highest BCUT2D eigenvalue weighted by atomic mass is 32.1. The lowest BCUT2D eigenvalue weighted by molar-refractivity contribution is 0.0652. The van der Waals surface area contributed by atoms with Gasteiger partial charge in [-0.15, -0.1) is 11.3 Å². The minimum Gasteiger partial charge on any atom is -0.469 e. The van der Waals surface area contributed by atoms with E-state index in [4.69, 9.17) is 4.42 Å². The number of fused-ring (bicyclic) bond motifs is 5. The predicted molar refractivity (Wildman–Crippen MR) is 133 cm³/mol. The average Bonchev–Trinajstić information content (AvgIpc) is 3.69. The summed E-state index contributed by atoms with van der Waals surface area (Å²) >= 11 is 1.36. The number of thiophene rings is 1. The molecule has 0 N–H and O–H groups in total. The minimum atomic E-state index is -1.51. The van der Waals surface area contributed by atoms with E-state index in [-0.39, 0.29) is 17.3 Å². The first-order chi connectivity index (χ1) is 17.1. The molecule has 35 heavy (non-hydrogen) atoms. The van der Waals surface area contributed by atoms with Gasteiger partial charge in [0.1, 0.15) is 17.2 Å². The molecule has 0 saturated carbocycles. The molecule has 4 heterocycles. The Labute approximate surface area is 205 Å². The molecule has 1 aliphatic carbocycles. The fourth-order valence-electron chi connectivity index (χ4n) is 6.26. The van der Waals surface area contributed by atoms with Gasteiger partial charge < -0.3 is 9.32 Å². The number of anilines is 1. The Kier molecular flexibility index (Phi) is 4.21. The topological polar surface area (TPSA) is 67.6 Å². The molecular formula is C29H19NO4S. The van der Waals surface area contributed by atoms with E-state index < -0.39 is 23.4 Å². The maximum absolute atomic E-state index is 14.3. The summed E-state index contributed by atoms with van der Waals surface area (Å²) in [5.74, 6) is -0.944. The molecule has 2 aromatic carbocycles. The molecule has 2 aliphatic heterocycles. The van der Waals surface area contributed by atoms with Crippen molar-refractivity contribution in [1.29, 1.82) is 0 Å². The second kappa shape index (κ2) is 7.23. The summed E-state index contributed by atoms with van der Waals surface area (Å²) < 4.78 is 5.89. The number of hydrogen-bond acceptors (Lipinski definition) is 6. The molecule has 7 rings (SSSR count). The van der Waals surface area contributed by atoms with Crippen LogP contribution in [0.4, 0.5) is 5.69 Å². The molecule has 0 bridgehead atoms. The summed E-state index contributed by atoms with van der Waals surface area (Å²) in [5, 5.41) is 1.86. The molecule has 0 amide bonds. The Hall–Kier alpha value is -4.03. The summed E-state index contributed by atoms with van der Waals surface area (Å²) in [6, 6.07) is 20.5. The molecule has 1 saturated heterocycles. The van der Waals surface area contributed by atoms with Crippen molar-refractivity contribution in [3.05, 3.63) is 118 Å². The van der Waals surface area contributed by atoms with Crippen LogP contribution in [0.5, 0.6) is 0 Å². The lowest BCUT2D eigenvalue weighted by atomic mass is 9.66. The summed E-state index contributed by atoms with van der Waals surface area (Å²) in [6.45, 7) is 0. The second-order valence-corrected chi connectivity index (χ2v) is 10.1. The molecular weight excluding hydrogens is 458 g/mol. The van der Waals surface area contributed by atoms with Crippen molar-refractivity contribution in [2.24, 2.45) is 5.41 Å². The van der Waals surface area contributed by atoms with E-state index in [0.29, 0.717) is 21.8 Å². The van der Waals surface area contributed by atoms with Crippen LogP contribution in [0.15, 0.2) is 94.9 Å². The molecule has 170 valence electrons. The second-order valence-electron chi connectivity index (χ2n) is 9.12. The fraction of sp³-hybridized carbons (Fsp3) is 0.138. The van der Waals surface area contributed by atoms with Gasteiger partial charge in [0.2, 0.25) is 0 Å². The standard InChI is InChI=1S/C29H19NO4S/c31-26(22-12-6-16-35-22)25-24(21-11-5-15-34-21)29(27(32)18-8-2-3-9-19(18)28(29)33)23-14-13-17-7-1-4-10-20(17)30(23)25/h1-16,23-25H. The van der Waals surface area contributed by atoms with E-state index >= 15 is 0 Å². The van der Waals surface area contributed by atoms with Gasteiger partial charge in [0.25, 0.3) is 0 Å². The Bertz CT molecular complexity index is 1500. The summed E-state index contributed by atoms with van der Waals surface area (Å²) in [6.07, 6.45) is 5.41. The van der Waals surface area contributed by atoms with Crippen LogP contribution in [0.2, 0.25) is 0 Å². The van der Waals surface area contributed by atoms with Gasteiger partial charge in [0.15, 0.2) is 17.3 Å². The van der Waals surface area contributed by atoms with E-state index in [0.717, 1.165) is 11.3 Å². The van der Waals surface area contributed by atoms with E-state index in [2.05, 4.69) is 0 Å². The molecule has 4 aromatic rings. The zero-order valence-electron chi connectivity index (χ0n) is 18.5. The van der Waals surface area contributed by atoms with Crippen LogP contribution >= 0.6 is 11.3 Å². The van der Waals surface area contributed by atoms with Crippen LogP contribution in [0, 0.1) is 5.41 Å². The lowest BCUT2D eigenvalue weighted by Crippen LogP contribution is -2.48. The van der Waals surface area contributed by atoms with Crippen LogP contribution in [0.1, 0.15) is 47.6 Å². The molecule has 6 heteroatoms. The fourth-order valence-corrected chi connectivity index (χ4v) is 6.96. The van der Waals surface area contributed by atoms with Gasteiger partial charge in [-0.05, 0) is 35.2 Å². The Morgan fingerprint density at radius 2 is 1.63 bits per heavy atom. The van der Waals surface area contributed by atoms with Crippen molar-refractivity contribution in [3.63, 3.8) is 0 Å². The zero-order valence-corrected chi connectivity index (χ0v) is 19.3. The molecule has 0 radical (unpaired) electrons. The monoisotopic (exact) mass is 477 g/mol. The third-order valence-electron chi connectivity index (χ3n) is 7.60. The first kappa shape index (κ1) is 20.4. The smallest absolute Gasteiger partial charge is 0.195 e. The Balaban J connectivity index is 1.55. The number of furan rings is 1. The van der Waals surface area contributed by atoms with Gasteiger partial charge in [-0.1, -0.05) is 60.7 Å². The maximum Gasteiger partial charge on any atom is 0.195 e. The number of carbonyl (C=O) groups is 3. The van der Waals surface area contributed by atoms with E-state index in [9.17, 15) is 14.4 Å². The SMILES string of the molecule is O=C(c1cccs1)C1C(c2ccco2)C2(C(=O)c3ccccc3C2=O)C2C=Cc3ccccc3N12. The minimum absolute atomic E-state index is 0.120. The third-order valence-corrected chi connectivity index (χ3v) is 8.48. The first-order valence-corrected chi connectivity index (χ1v) is 12.4. The van der Waals surface area contributed by atoms with E-state index in [1.165, 1.54) is 17.6 Å². The lowest BCUT2D eigenvalue weighted by Gasteiger charge is -2.37. The van der Waals surface area contributed by atoms with Crippen molar-refractivity contribution in [1.82, 2.24) is 0 Å². The van der Waals surface area contributed by atoms with Crippen LogP contribution in [-0.2, 0) is 0 Å². The highest BCUT2D eigenvalue weighted by Gasteiger charge is 2.72. The molecule has 3 unspecified atom stereocenters. The number of hydrogen-bond donors (Lipinski definition) is 0. The number of benzene rings is 2. The van der Waals surface area contributed by atoms with Crippen molar-refractivity contribution >= 4 is 40.4 Å². The van der Waals surface area contributed by atoms with Crippen LogP contribution in [0.3, 0.4) is 0 Å². The summed E-state index contributed by atoms with van der Waals surface area (Å²) in [5.41, 5.74) is 1.08. The van der Waals surface area contributed by atoms with Crippen molar-refractivity contribution in [2.45, 2.75) is 18.0 Å². The molecule has 3 atom stereocenters. The number of rotatable bonds is 3. The van der Waals surface area contributed by atoms with Crippen LogP contribution in [0.25, 0.3) is 6.08 Å². The number of para-hydroxylation sites is 1. The van der Waals surface area contributed by atoms with Gasteiger partial charge in [-0.25, -0.2) is 0 Å². The average molecular weight is 478 g/mol. The van der Waals surface area contributed by atoms with E-state index in [1.807, 2.05) is 52.8 Å². The quantitative estimate of drug-likeness (QED) is 0.281. The van der Waals surface area contributed by atoms with Crippen molar-refractivity contribution in [2.75, 3.05) is 4.90 Å². The zero-order chi connectivity index (χ0) is 23.7. The molecule has 1 spiro atoms. The molecule has 1 fully saturated rings. The van der Waals surface area contributed by atoms with Crippen molar-refractivity contribution in [3.8, 4) is 0 Å². The predicted octanol–water partition coefficient (Wildman–Crippen LogP) is 5.66. The maximum atomic E-state index is 14.3. The van der Waals surface area contributed by atoms with Gasteiger partial charge in [-0.3, -0.25) is 14.4 Å². The van der Waals surface area contributed by atoms with Gasteiger partial charge in [-0.2, -0.15) is 0 Å². The Morgan fingerprint density at radius 1 is 0.886 bits per heavy atom. The van der Waals surface area contributed by atoms with Gasteiger partial charge >= 0.3 is 0 Å². The first-order valence-electron chi connectivity index (χ1n) is 11.5. The number of Topliss-reactive ketones (excluding diaryl/α,β-unsaturated/α-hetero) is 3. The highest BCUT2D eigenvalue weighted by Crippen LogP contribution is 2.61. The van der Waals surface area contributed by atoms with E-state index in [1.54, 1.807) is 42.5 Å². The third kappa shape index (κ3) is 2.49. The summed E-state index contributed by atoms with van der Waals surface area (Å²) in [7, 11) is 0. The van der Waals surface area contributed by atoms with Gasteiger partial charge in [0, 0.05) is 16.8 Å². The van der Waals surface area contributed by atoms with Crippen molar-refractivity contribution < 1.29 is 18.8 Å². The summed E-state index contributed by atoms with van der Waals surface area (Å²) in [4.78, 5) is 45.4. The normalized spacial score (nSPS) is 23.4. The van der Waals surface area contributed by atoms with Gasteiger partial charge in [0.05, 0.1) is 23.1 Å². The largest absolute Gasteiger partial charge is 0.469 e. The molecule has 5 nitrogen and oxygen atoms in total. The number of ketones is 3. The number of nitrogens with zero attached hydrogens (tertiary/aromatic N) is 1. The van der Waals surface area contributed by atoms with Crippen LogP contribution in [-0.4, -0.2) is 29.4 Å². The van der Waals surface area contributed by atoms with Crippen LogP contribution < -0.4 is 4.90 Å². The Morgan fingerprint density at radius 3 is 2.31 bits per heavy atom. The molecule has 3 aliphatic rings. The number of carbonyl (C=O) groups excluding carboxylic acids is 3. The molecule has 2 aromatic heterocycles.